The molecule has 1 aliphatic carbocycles. The van der Waals surface area contributed by atoms with E-state index in [1.54, 1.807) is 0 Å². The summed E-state index contributed by atoms with van der Waals surface area (Å²) in [7, 11) is 0. The van der Waals surface area contributed by atoms with Crippen LogP contribution in [-0.4, -0.2) is 5.38 Å². The van der Waals surface area contributed by atoms with Crippen molar-refractivity contribution in [3.63, 3.8) is 0 Å². The third kappa shape index (κ3) is 1.86. The quantitative estimate of drug-likeness (QED) is 0.499. The molecule has 0 radical (unpaired) electrons. The minimum atomic E-state index is 0.398. The maximum absolute atomic E-state index is 5.95. The summed E-state index contributed by atoms with van der Waals surface area (Å²) >= 11 is 5.95. The van der Waals surface area contributed by atoms with Crippen molar-refractivity contribution in [1.82, 2.24) is 0 Å². The zero-order chi connectivity index (χ0) is 6.85. The lowest BCUT2D eigenvalue weighted by atomic mass is 10.0. The molecule has 0 saturated heterocycles. The minimum Gasteiger partial charge on any atom is -0.123 e. The Balaban J connectivity index is 2.30. The SMILES string of the molecule is CC1CCC(C(C)Cl)C1. The van der Waals surface area contributed by atoms with Gasteiger partial charge in [-0.2, -0.15) is 0 Å². The molecule has 0 heterocycles. The first-order chi connectivity index (χ1) is 4.20. The van der Waals surface area contributed by atoms with E-state index in [-0.39, 0.29) is 0 Å². The van der Waals surface area contributed by atoms with Crippen LogP contribution < -0.4 is 0 Å². The highest BCUT2D eigenvalue weighted by atomic mass is 35.5. The zero-order valence-corrected chi connectivity index (χ0v) is 6.99. The molecule has 0 aromatic carbocycles. The predicted molar refractivity (Wildman–Crippen MR) is 41.8 cm³/mol. The Morgan fingerprint density at radius 3 is 2.33 bits per heavy atom. The average Bonchev–Trinajstić information content (AvgIpc) is 2.14. The van der Waals surface area contributed by atoms with Gasteiger partial charge >= 0.3 is 0 Å². The van der Waals surface area contributed by atoms with Crippen LogP contribution in [0.15, 0.2) is 0 Å². The van der Waals surface area contributed by atoms with Crippen LogP contribution in [-0.2, 0) is 0 Å². The summed E-state index contributed by atoms with van der Waals surface area (Å²) in [6.45, 7) is 4.43. The second kappa shape index (κ2) is 2.92. The van der Waals surface area contributed by atoms with Crippen LogP contribution in [0.25, 0.3) is 0 Å². The van der Waals surface area contributed by atoms with Gasteiger partial charge < -0.3 is 0 Å². The molecule has 0 aromatic rings. The van der Waals surface area contributed by atoms with E-state index in [0.29, 0.717) is 5.38 Å². The predicted octanol–water partition coefficient (Wildman–Crippen LogP) is 3.05. The minimum absolute atomic E-state index is 0.398. The summed E-state index contributed by atoms with van der Waals surface area (Å²) in [6, 6.07) is 0. The summed E-state index contributed by atoms with van der Waals surface area (Å²) in [6.07, 6.45) is 4.10. The van der Waals surface area contributed by atoms with Gasteiger partial charge in [-0.25, -0.2) is 0 Å². The molecule has 54 valence electrons. The van der Waals surface area contributed by atoms with Crippen LogP contribution >= 0.6 is 11.6 Å². The van der Waals surface area contributed by atoms with Crippen molar-refractivity contribution in [1.29, 1.82) is 0 Å². The van der Waals surface area contributed by atoms with Gasteiger partial charge in [-0.15, -0.1) is 11.6 Å². The van der Waals surface area contributed by atoms with Gasteiger partial charge in [0.15, 0.2) is 0 Å². The normalized spacial score (nSPS) is 39.0. The molecule has 1 rings (SSSR count). The Hall–Kier alpha value is 0.290. The van der Waals surface area contributed by atoms with Crippen LogP contribution in [0.1, 0.15) is 33.1 Å². The summed E-state index contributed by atoms with van der Waals surface area (Å²) in [5.74, 6) is 1.73. The Morgan fingerprint density at radius 1 is 1.44 bits per heavy atom. The largest absolute Gasteiger partial charge is 0.123 e. The first kappa shape index (κ1) is 7.40. The standard InChI is InChI=1S/C8H15Cl/c1-6-3-4-8(5-6)7(2)9/h6-8H,3-5H2,1-2H3. The molecule has 3 atom stereocenters. The van der Waals surface area contributed by atoms with E-state index in [2.05, 4.69) is 13.8 Å². The highest BCUT2D eigenvalue weighted by Gasteiger charge is 2.24. The number of halogens is 1. The Kier molecular flexibility index (Phi) is 2.40. The third-order valence-electron chi connectivity index (χ3n) is 2.38. The number of hydrogen-bond acceptors (Lipinski definition) is 0. The molecule has 0 aromatic heterocycles. The summed E-state index contributed by atoms with van der Waals surface area (Å²) in [4.78, 5) is 0. The number of rotatable bonds is 1. The van der Waals surface area contributed by atoms with E-state index in [0.717, 1.165) is 11.8 Å². The summed E-state index contributed by atoms with van der Waals surface area (Å²) in [5, 5.41) is 0.398. The van der Waals surface area contributed by atoms with Gasteiger partial charge in [-0.1, -0.05) is 13.3 Å². The first-order valence-electron chi connectivity index (χ1n) is 3.84. The number of hydrogen-bond donors (Lipinski definition) is 0. The molecule has 0 bridgehead atoms. The first-order valence-corrected chi connectivity index (χ1v) is 4.28. The van der Waals surface area contributed by atoms with Crippen molar-refractivity contribution in [3.8, 4) is 0 Å². The number of alkyl halides is 1. The lowest BCUT2D eigenvalue weighted by molar-refractivity contribution is 0.507. The summed E-state index contributed by atoms with van der Waals surface area (Å²) in [5.41, 5.74) is 0. The second-order valence-electron chi connectivity index (χ2n) is 3.36. The van der Waals surface area contributed by atoms with Gasteiger partial charge in [0, 0.05) is 5.38 Å². The molecular formula is C8H15Cl. The van der Waals surface area contributed by atoms with Crippen molar-refractivity contribution in [2.45, 2.75) is 38.5 Å². The molecule has 1 saturated carbocycles. The van der Waals surface area contributed by atoms with Gasteiger partial charge in [0.1, 0.15) is 0 Å². The molecule has 0 amide bonds. The topological polar surface area (TPSA) is 0 Å². The maximum Gasteiger partial charge on any atom is 0.0336 e. The van der Waals surface area contributed by atoms with E-state index in [1.807, 2.05) is 0 Å². The Morgan fingerprint density at radius 2 is 2.11 bits per heavy atom. The maximum atomic E-state index is 5.95. The molecular weight excluding hydrogens is 132 g/mol. The van der Waals surface area contributed by atoms with E-state index in [4.69, 9.17) is 11.6 Å². The van der Waals surface area contributed by atoms with E-state index < -0.39 is 0 Å². The van der Waals surface area contributed by atoms with Crippen molar-refractivity contribution in [3.05, 3.63) is 0 Å². The molecule has 1 heteroatoms. The van der Waals surface area contributed by atoms with Crippen LogP contribution in [0, 0.1) is 11.8 Å². The van der Waals surface area contributed by atoms with Crippen LogP contribution in [0.3, 0.4) is 0 Å². The molecule has 0 N–H and O–H groups in total. The van der Waals surface area contributed by atoms with E-state index in [1.165, 1.54) is 19.3 Å². The van der Waals surface area contributed by atoms with Crippen molar-refractivity contribution < 1.29 is 0 Å². The molecule has 0 aliphatic heterocycles. The van der Waals surface area contributed by atoms with Gasteiger partial charge in [-0.05, 0) is 31.6 Å². The van der Waals surface area contributed by atoms with Crippen molar-refractivity contribution in [2.75, 3.05) is 0 Å². The molecule has 0 spiro atoms. The fourth-order valence-corrected chi connectivity index (χ4v) is 1.90. The van der Waals surface area contributed by atoms with Gasteiger partial charge in [0.2, 0.25) is 0 Å². The van der Waals surface area contributed by atoms with E-state index >= 15 is 0 Å². The van der Waals surface area contributed by atoms with Crippen molar-refractivity contribution in [2.24, 2.45) is 11.8 Å². The second-order valence-corrected chi connectivity index (χ2v) is 4.04. The zero-order valence-electron chi connectivity index (χ0n) is 6.23. The smallest absolute Gasteiger partial charge is 0.0336 e. The third-order valence-corrected chi connectivity index (χ3v) is 2.74. The monoisotopic (exact) mass is 146 g/mol. The Bertz CT molecular complexity index is 88.6. The van der Waals surface area contributed by atoms with Crippen molar-refractivity contribution >= 4 is 11.6 Å². The van der Waals surface area contributed by atoms with Gasteiger partial charge in [0.25, 0.3) is 0 Å². The Labute approximate surface area is 62.6 Å². The lowest BCUT2D eigenvalue weighted by Gasteiger charge is -2.10. The van der Waals surface area contributed by atoms with Gasteiger partial charge in [0.05, 0.1) is 0 Å². The molecule has 1 fully saturated rings. The molecule has 1 aliphatic rings. The fraction of sp³-hybridized carbons (Fsp3) is 1.00. The summed E-state index contributed by atoms with van der Waals surface area (Å²) < 4.78 is 0. The van der Waals surface area contributed by atoms with Crippen LogP contribution in [0.5, 0.6) is 0 Å². The lowest BCUT2D eigenvalue weighted by Crippen LogP contribution is -2.06. The average molecular weight is 147 g/mol. The highest BCUT2D eigenvalue weighted by molar-refractivity contribution is 6.20. The van der Waals surface area contributed by atoms with Crippen LogP contribution in [0.2, 0.25) is 0 Å². The highest BCUT2D eigenvalue weighted by Crippen LogP contribution is 2.34. The van der Waals surface area contributed by atoms with E-state index in [9.17, 15) is 0 Å². The molecule has 9 heavy (non-hydrogen) atoms. The van der Waals surface area contributed by atoms with Gasteiger partial charge in [-0.3, -0.25) is 0 Å². The molecule has 3 unspecified atom stereocenters. The van der Waals surface area contributed by atoms with Crippen LogP contribution in [0.4, 0.5) is 0 Å². The fourth-order valence-electron chi connectivity index (χ4n) is 1.67. The molecule has 0 nitrogen and oxygen atoms in total.